The predicted octanol–water partition coefficient (Wildman–Crippen LogP) is 1.61. The van der Waals surface area contributed by atoms with Crippen LogP contribution in [-0.4, -0.2) is 56.7 Å². The summed E-state index contributed by atoms with van der Waals surface area (Å²) in [7, 11) is -2.23. The minimum absolute atomic E-state index is 0.0202. The van der Waals surface area contributed by atoms with E-state index < -0.39 is 16.0 Å². The van der Waals surface area contributed by atoms with Gasteiger partial charge in [-0.2, -0.15) is 0 Å². The Hall–Kier alpha value is -1.64. The fourth-order valence-electron chi connectivity index (χ4n) is 3.41. The highest BCUT2D eigenvalue weighted by molar-refractivity contribution is 7.89. The Kier molecular flexibility index (Phi) is 5.55. The van der Waals surface area contributed by atoms with Crippen molar-refractivity contribution in [2.45, 2.75) is 49.6 Å². The second kappa shape index (κ2) is 7.54. The van der Waals surface area contributed by atoms with E-state index in [4.69, 9.17) is 9.84 Å². The molecule has 0 spiro atoms. The van der Waals surface area contributed by atoms with Crippen LogP contribution >= 0.6 is 0 Å². The Balaban J connectivity index is 1.62. The summed E-state index contributed by atoms with van der Waals surface area (Å²) >= 11 is 0. The summed E-state index contributed by atoms with van der Waals surface area (Å²) in [4.78, 5) is 13.2. The van der Waals surface area contributed by atoms with Crippen LogP contribution in [0.1, 0.15) is 31.2 Å². The van der Waals surface area contributed by atoms with Gasteiger partial charge in [0, 0.05) is 18.6 Å². The maximum absolute atomic E-state index is 12.7. The molecule has 0 bridgehead atoms. The Morgan fingerprint density at radius 3 is 2.62 bits per heavy atom. The standard InChI is InChI=1S/C18H26N2O5S/c1-12-3-6-16(25-2)17(7-12)26(23,24)19-14-8-15(9-14)20(11-18(21)22)10-13-4-5-13/h3,6-7,13-15,19H,4-5,8-11H2,1-2H3,(H,21,22). The summed E-state index contributed by atoms with van der Waals surface area (Å²) in [5.74, 6) is 0.0843. The van der Waals surface area contributed by atoms with Gasteiger partial charge in [-0.05, 0) is 56.2 Å². The van der Waals surface area contributed by atoms with Crippen LogP contribution in [-0.2, 0) is 14.8 Å². The van der Waals surface area contributed by atoms with Crippen LogP contribution in [0.15, 0.2) is 23.1 Å². The van der Waals surface area contributed by atoms with E-state index in [9.17, 15) is 13.2 Å². The van der Waals surface area contributed by atoms with E-state index in [0.717, 1.165) is 24.9 Å². The van der Waals surface area contributed by atoms with Gasteiger partial charge in [0.25, 0.3) is 0 Å². The lowest BCUT2D eigenvalue weighted by Gasteiger charge is -2.42. The molecule has 26 heavy (non-hydrogen) atoms. The second-order valence-electron chi connectivity index (χ2n) is 7.36. The van der Waals surface area contributed by atoms with Gasteiger partial charge in [-0.3, -0.25) is 9.69 Å². The zero-order valence-electron chi connectivity index (χ0n) is 15.1. The van der Waals surface area contributed by atoms with Crippen molar-refractivity contribution in [3.8, 4) is 5.75 Å². The summed E-state index contributed by atoms with van der Waals surface area (Å²) in [6.07, 6.45) is 3.58. The number of carboxylic acids is 1. The number of hydrogen-bond acceptors (Lipinski definition) is 5. The van der Waals surface area contributed by atoms with Gasteiger partial charge in [-0.1, -0.05) is 6.07 Å². The van der Waals surface area contributed by atoms with Crippen molar-refractivity contribution >= 4 is 16.0 Å². The van der Waals surface area contributed by atoms with E-state index >= 15 is 0 Å². The van der Waals surface area contributed by atoms with Crippen molar-refractivity contribution in [2.75, 3.05) is 20.2 Å². The molecule has 3 rings (SSSR count). The molecule has 1 aromatic rings. The van der Waals surface area contributed by atoms with Crippen LogP contribution < -0.4 is 9.46 Å². The highest BCUT2D eigenvalue weighted by Crippen LogP contribution is 2.34. The van der Waals surface area contributed by atoms with Gasteiger partial charge in [0.2, 0.25) is 10.0 Å². The molecule has 0 atom stereocenters. The molecule has 2 aliphatic rings. The largest absolute Gasteiger partial charge is 0.495 e. The quantitative estimate of drug-likeness (QED) is 0.674. The highest BCUT2D eigenvalue weighted by atomic mass is 32.2. The number of ether oxygens (including phenoxy) is 1. The van der Waals surface area contributed by atoms with Crippen molar-refractivity contribution < 1.29 is 23.1 Å². The highest BCUT2D eigenvalue weighted by Gasteiger charge is 2.39. The monoisotopic (exact) mass is 382 g/mol. The SMILES string of the molecule is COc1ccc(C)cc1S(=O)(=O)NC1CC(N(CC(=O)O)CC2CC2)C1. The number of aliphatic carboxylic acids is 1. The molecule has 0 radical (unpaired) electrons. The average molecular weight is 382 g/mol. The summed E-state index contributed by atoms with van der Waals surface area (Å²) in [6, 6.07) is 5.00. The zero-order valence-corrected chi connectivity index (χ0v) is 16.0. The molecule has 8 heteroatoms. The van der Waals surface area contributed by atoms with E-state index in [1.165, 1.54) is 7.11 Å². The maximum Gasteiger partial charge on any atom is 0.317 e. The number of hydrogen-bond donors (Lipinski definition) is 2. The van der Waals surface area contributed by atoms with Gasteiger partial charge in [-0.15, -0.1) is 0 Å². The molecule has 0 aromatic heterocycles. The molecule has 2 fully saturated rings. The number of benzene rings is 1. The molecule has 0 heterocycles. The Morgan fingerprint density at radius 2 is 2.04 bits per heavy atom. The van der Waals surface area contributed by atoms with Crippen LogP contribution in [0, 0.1) is 12.8 Å². The number of nitrogens with zero attached hydrogens (tertiary/aromatic N) is 1. The first-order valence-electron chi connectivity index (χ1n) is 8.91. The Labute approximate surface area is 154 Å². The third kappa shape index (κ3) is 4.55. The van der Waals surface area contributed by atoms with E-state index in [0.29, 0.717) is 24.5 Å². The van der Waals surface area contributed by atoms with E-state index in [-0.39, 0.29) is 23.5 Å². The molecule has 0 aliphatic heterocycles. The van der Waals surface area contributed by atoms with Crippen LogP contribution in [0.25, 0.3) is 0 Å². The molecule has 2 N–H and O–H groups in total. The lowest BCUT2D eigenvalue weighted by Crippen LogP contribution is -2.55. The molecule has 7 nitrogen and oxygen atoms in total. The van der Waals surface area contributed by atoms with E-state index in [1.807, 2.05) is 11.8 Å². The first kappa shape index (κ1) is 19.1. The van der Waals surface area contributed by atoms with Gasteiger partial charge in [0.15, 0.2) is 0 Å². The van der Waals surface area contributed by atoms with Gasteiger partial charge < -0.3 is 9.84 Å². The Bertz CT molecular complexity index is 770. The van der Waals surface area contributed by atoms with E-state index in [1.54, 1.807) is 18.2 Å². The van der Waals surface area contributed by atoms with Crippen LogP contribution in [0.4, 0.5) is 0 Å². The molecular weight excluding hydrogens is 356 g/mol. The molecule has 144 valence electrons. The first-order valence-corrected chi connectivity index (χ1v) is 10.4. The van der Waals surface area contributed by atoms with Gasteiger partial charge in [-0.25, -0.2) is 13.1 Å². The van der Waals surface area contributed by atoms with Crippen LogP contribution in [0.2, 0.25) is 0 Å². The van der Waals surface area contributed by atoms with Crippen molar-refractivity contribution in [3.63, 3.8) is 0 Å². The lowest BCUT2D eigenvalue weighted by atomic mass is 9.86. The second-order valence-corrected chi connectivity index (χ2v) is 9.05. The topological polar surface area (TPSA) is 95.9 Å². The van der Waals surface area contributed by atoms with Crippen molar-refractivity contribution in [1.82, 2.24) is 9.62 Å². The number of sulfonamides is 1. The van der Waals surface area contributed by atoms with Crippen molar-refractivity contribution in [1.29, 1.82) is 0 Å². The predicted molar refractivity (Wildman–Crippen MR) is 96.8 cm³/mol. The lowest BCUT2D eigenvalue weighted by molar-refractivity contribution is -0.139. The minimum atomic E-state index is -3.68. The fourth-order valence-corrected chi connectivity index (χ4v) is 4.92. The van der Waals surface area contributed by atoms with Gasteiger partial charge in [0.1, 0.15) is 10.6 Å². The van der Waals surface area contributed by atoms with Crippen molar-refractivity contribution in [2.24, 2.45) is 5.92 Å². The van der Waals surface area contributed by atoms with Gasteiger partial charge >= 0.3 is 5.97 Å². The van der Waals surface area contributed by atoms with Crippen molar-refractivity contribution in [3.05, 3.63) is 23.8 Å². The summed E-state index contributed by atoms with van der Waals surface area (Å²) in [5, 5.41) is 9.10. The molecule has 0 saturated heterocycles. The molecule has 2 saturated carbocycles. The molecule has 1 aromatic carbocycles. The Morgan fingerprint density at radius 1 is 1.35 bits per heavy atom. The molecular formula is C18H26N2O5S. The minimum Gasteiger partial charge on any atom is -0.495 e. The summed E-state index contributed by atoms with van der Waals surface area (Å²) in [5.41, 5.74) is 0.842. The number of carbonyl (C=O) groups is 1. The average Bonchev–Trinajstić information content (AvgIpc) is 3.33. The third-order valence-electron chi connectivity index (χ3n) is 5.09. The number of methoxy groups -OCH3 is 1. The summed E-state index contributed by atoms with van der Waals surface area (Å²) < 4.78 is 33.3. The molecule has 0 unspecified atom stereocenters. The normalized spacial score (nSPS) is 22.9. The van der Waals surface area contributed by atoms with E-state index in [2.05, 4.69) is 4.72 Å². The van der Waals surface area contributed by atoms with Crippen LogP contribution in [0.3, 0.4) is 0 Å². The third-order valence-corrected chi connectivity index (χ3v) is 6.63. The van der Waals surface area contributed by atoms with Gasteiger partial charge in [0.05, 0.1) is 13.7 Å². The maximum atomic E-state index is 12.7. The summed E-state index contributed by atoms with van der Waals surface area (Å²) in [6.45, 7) is 2.65. The number of carboxylic acid groups (broad SMARTS) is 1. The fraction of sp³-hybridized carbons (Fsp3) is 0.611. The van der Waals surface area contributed by atoms with Crippen LogP contribution in [0.5, 0.6) is 5.75 Å². The smallest absolute Gasteiger partial charge is 0.317 e. The number of rotatable bonds is 9. The number of aryl methyl sites for hydroxylation is 1. The molecule has 0 amide bonds. The number of nitrogens with one attached hydrogen (secondary N) is 1. The molecule has 2 aliphatic carbocycles. The zero-order chi connectivity index (χ0) is 18.9. The first-order chi connectivity index (χ1) is 12.3.